The molecule has 1 aromatic heterocycles. The van der Waals surface area contributed by atoms with Gasteiger partial charge in [-0.1, -0.05) is 65.0 Å². The van der Waals surface area contributed by atoms with Gasteiger partial charge in [0, 0.05) is 10.9 Å². The van der Waals surface area contributed by atoms with E-state index in [2.05, 4.69) is 44.5 Å². The number of nitrogens with one attached hydrogen (secondary N) is 1. The lowest BCUT2D eigenvalue weighted by atomic mass is 10.0. The van der Waals surface area contributed by atoms with Crippen LogP contribution in [-0.4, -0.2) is 25.7 Å². The van der Waals surface area contributed by atoms with Gasteiger partial charge in [0.1, 0.15) is 5.75 Å². The highest BCUT2D eigenvalue weighted by molar-refractivity contribution is 7.10. The van der Waals surface area contributed by atoms with Crippen LogP contribution in [0.2, 0.25) is 0 Å². The van der Waals surface area contributed by atoms with E-state index in [0.717, 1.165) is 29.2 Å². The maximum Gasteiger partial charge on any atom is 0.310 e. The predicted octanol–water partition coefficient (Wildman–Crippen LogP) is 7.05. The molecule has 32 heavy (non-hydrogen) atoms. The Morgan fingerprint density at radius 3 is 2.34 bits per heavy atom. The van der Waals surface area contributed by atoms with Crippen molar-refractivity contribution in [2.75, 3.05) is 13.7 Å². The molecule has 0 saturated carbocycles. The molecule has 2 unspecified atom stereocenters. The summed E-state index contributed by atoms with van der Waals surface area (Å²) in [5, 5.41) is 5.79. The lowest BCUT2D eigenvalue weighted by Crippen LogP contribution is -2.35. The fourth-order valence-corrected chi connectivity index (χ4v) is 4.87. The normalized spacial score (nSPS) is 13.2. The molecule has 2 aromatic rings. The molecule has 0 fully saturated rings. The number of unbranched alkanes of at least 4 members (excludes halogenated alkanes) is 5. The largest absolute Gasteiger partial charge is 0.497 e. The van der Waals surface area contributed by atoms with Crippen LogP contribution in [-0.2, 0) is 16.0 Å². The first-order valence-electron chi connectivity index (χ1n) is 12.1. The van der Waals surface area contributed by atoms with Crippen LogP contribution in [0.25, 0.3) is 0 Å². The summed E-state index contributed by atoms with van der Waals surface area (Å²) < 4.78 is 11.2. The van der Waals surface area contributed by atoms with E-state index in [1.807, 2.05) is 24.3 Å². The molecule has 0 aliphatic carbocycles. The number of esters is 1. The number of hydrogen-bond donors (Lipinski definition) is 1. The quantitative estimate of drug-likeness (QED) is 0.229. The molecule has 0 radical (unpaired) electrons. The highest BCUT2D eigenvalue weighted by Crippen LogP contribution is 2.31. The molecule has 2 atom stereocenters. The summed E-state index contributed by atoms with van der Waals surface area (Å²) in [5.41, 5.74) is 2.22. The van der Waals surface area contributed by atoms with Crippen LogP contribution in [0.4, 0.5) is 0 Å². The molecule has 178 valence electrons. The zero-order valence-corrected chi connectivity index (χ0v) is 21.3. The molecular weight excluding hydrogens is 418 g/mol. The minimum Gasteiger partial charge on any atom is -0.497 e. The molecule has 0 amide bonds. The Morgan fingerprint density at radius 2 is 1.72 bits per heavy atom. The van der Waals surface area contributed by atoms with Gasteiger partial charge in [-0.3, -0.25) is 4.79 Å². The fraction of sp³-hybridized carbons (Fsp3) is 0.593. The van der Waals surface area contributed by atoms with Crippen LogP contribution >= 0.6 is 11.3 Å². The van der Waals surface area contributed by atoms with Crippen molar-refractivity contribution in [3.63, 3.8) is 0 Å². The van der Waals surface area contributed by atoms with Crippen LogP contribution in [0, 0.1) is 0 Å². The number of ether oxygens (including phenoxy) is 2. The van der Waals surface area contributed by atoms with Gasteiger partial charge in [0.05, 0.1) is 13.5 Å². The first kappa shape index (κ1) is 26.4. The molecular formula is C27H41NO3S. The third kappa shape index (κ3) is 8.95. The Balaban J connectivity index is 1.97. The SMILES string of the molecule is CCCCCCCCNC(C)C(OC(=O)Cc1ccc(OC)cc1)c1cc(C(C)C)cs1. The number of carbonyl (C=O) groups is 1. The van der Waals surface area contributed by atoms with Crippen molar-refractivity contribution in [1.82, 2.24) is 5.32 Å². The van der Waals surface area contributed by atoms with E-state index >= 15 is 0 Å². The van der Waals surface area contributed by atoms with Gasteiger partial charge in [0.25, 0.3) is 0 Å². The van der Waals surface area contributed by atoms with Crippen LogP contribution < -0.4 is 10.1 Å². The second-order valence-electron chi connectivity index (χ2n) is 8.88. The molecule has 2 rings (SSSR count). The van der Waals surface area contributed by atoms with Crippen molar-refractivity contribution in [2.24, 2.45) is 0 Å². The second kappa shape index (κ2) is 14.3. The van der Waals surface area contributed by atoms with Gasteiger partial charge in [0.2, 0.25) is 0 Å². The lowest BCUT2D eigenvalue weighted by molar-refractivity contribution is -0.149. The Labute approximate surface area is 198 Å². The van der Waals surface area contributed by atoms with Gasteiger partial charge in [-0.05, 0) is 60.5 Å². The average Bonchev–Trinajstić information content (AvgIpc) is 3.27. The minimum absolute atomic E-state index is 0.0594. The Bertz CT molecular complexity index is 784. The zero-order chi connectivity index (χ0) is 23.3. The van der Waals surface area contributed by atoms with Crippen LogP contribution in [0.15, 0.2) is 35.7 Å². The maximum atomic E-state index is 12.8. The number of hydrogen-bond acceptors (Lipinski definition) is 5. The van der Waals surface area contributed by atoms with Gasteiger partial charge in [-0.15, -0.1) is 11.3 Å². The zero-order valence-electron chi connectivity index (χ0n) is 20.5. The number of benzene rings is 1. The first-order chi connectivity index (χ1) is 15.4. The van der Waals surface area contributed by atoms with Gasteiger partial charge < -0.3 is 14.8 Å². The van der Waals surface area contributed by atoms with Gasteiger partial charge in [-0.25, -0.2) is 0 Å². The Kier molecular flexibility index (Phi) is 11.8. The van der Waals surface area contributed by atoms with E-state index in [-0.39, 0.29) is 24.5 Å². The molecule has 1 aromatic carbocycles. The molecule has 1 N–H and O–H groups in total. The Morgan fingerprint density at radius 1 is 1.03 bits per heavy atom. The smallest absolute Gasteiger partial charge is 0.310 e. The minimum atomic E-state index is -0.279. The van der Waals surface area contributed by atoms with Gasteiger partial charge in [0.15, 0.2) is 6.10 Å². The van der Waals surface area contributed by atoms with Crippen molar-refractivity contribution in [1.29, 1.82) is 0 Å². The van der Waals surface area contributed by atoms with E-state index in [4.69, 9.17) is 9.47 Å². The number of thiophene rings is 1. The molecule has 1 heterocycles. The standard InChI is InChI=1S/C27H41NO3S/c1-6-7-8-9-10-11-16-28-21(4)27(25-18-23(19-32-25)20(2)3)31-26(29)17-22-12-14-24(30-5)15-13-22/h12-15,18-21,27-28H,6-11,16-17H2,1-5H3. The summed E-state index contributed by atoms with van der Waals surface area (Å²) in [7, 11) is 1.64. The van der Waals surface area contributed by atoms with Crippen molar-refractivity contribution in [2.45, 2.75) is 90.7 Å². The van der Waals surface area contributed by atoms with Crippen LogP contribution in [0.5, 0.6) is 5.75 Å². The van der Waals surface area contributed by atoms with Gasteiger partial charge >= 0.3 is 5.97 Å². The van der Waals surface area contributed by atoms with E-state index in [1.54, 1.807) is 18.4 Å². The monoisotopic (exact) mass is 459 g/mol. The van der Waals surface area contributed by atoms with E-state index in [0.29, 0.717) is 5.92 Å². The average molecular weight is 460 g/mol. The van der Waals surface area contributed by atoms with E-state index in [1.165, 1.54) is 37.7 Å². The van der Waals surface area contributed by atoms with Crippen molar-refractivity contribution in [3.05, 3.63) is 51.7 Å². The summed E-state index contributed by atoms with van der Waals surface area (Å²) in [6.07, 6.45) is 7.61. The van der Waals surface area contributed by atoms with Crippen molar-refractivity contribution < 1.29 is 14.3 Å². The van der Waals surface area contributed by atoms with E-state index in [9.17, 15) is 4.79 Å². The molecule has 0 bridgehead atoms. The topological polar surface area (TPSA) is 47.6 Å². The first-order valence-corrected chi connectivity index (χ1v) is 13.0. The fourth-order valence-electron chi connectivity index (χ4n) is 3.66. The third-order valence-corrected chi connectivity index (χ3v) is 6.82. The van der Waals surface area contributed by atoms with Crippen molar-refractivity contribution in [3.8, 4) is 5.75 Å². The molecule has 0 aliphatic heterocycles. The number of carbonyl (C=O) groups excluding carboxylic acids is 1. The van der Waals surface area contributed by atoms with Crippen LogP contribution in [0.3, 0.4) is 0 Å². The lowest BCUT2D eigenvalue weighted by Gasteiger charge is -2.24. The summed E-state index contributed by atoms with van der Waals surface area (Å²) in [5.74, 6) is 1.04. The maximum absolute atomic E-state index is 12.8. The van der Waals surface area contributed by atoms with Gasteiger partial charge in [-0.2, -0.15) is 0 Å². The summed E-state index contributed by atoms with van der Waals surface area (Å²) >= 11 is 1.69. The predicted molar refractivity (Wildman–Crippen MR) is 135 cm³/mol. The number of methoxy groups -OCH3 is 1. The molecule has 0 saturated heterocycles. The number of rotatable bonds is 15. The second-order valence-corrected chi connectivity index (χ2v) is 9.83. The third-order valence-electron chi connectivity index (χ3n) is 5.80. The highest BCUT2D eigenvalue weighted by Gasteiger charge is 2.25. The Hall–Kier alpha value is -1.85. The summed E-state index contributed by atoms with van der Waals surface area (Å²) in [6.45, 7) is 9.70. The molecule has 0 aliphatic rings. The summed E-state index contributed by atoms with van der Waals surface area (Å²) in [6, 6.07) is 9.83. The van der Waals surface area contributed by atoms with E-state index < -0.39 is 0 Å². The van der Waals surface area contributed by atoms with Crippen molar-refractivity contribution >= 4 is 17.3 Å². The highest BCUT2D eigenvalue weighted by atomic mass is 32.1. The molecule has 5 heteroatoms. The summed E-state index contributed by atoms with van der Waals surface area (Å²) in [4.78, 5) is 13.9. The van der Waals surface area contributed by atoms with Crippen LogP contribution in [0.1, 0.15) is 94.2 Å². The molecule has 0 spiro atoms. The molecule has 4 nitrogen and oxygen atoms in total.